The highest BCUT2D eigenvalue weighted by Crippen LogP contribution is 2.41. The summed E-state index contributed by atoms with van der Waals surface area (Å²) >= 11 is 6.07. The van der Waals surface area contributed by atoms with Gasteiger partial charge in [0.25, 0.3) is 0 Å². The molecule has 1 aliphatic carbocycles. The van der Waals surface area contributed by atoms with Crippen LogP contribution in [0.2, 0.25) is 5.02 Å². The normalized spacial score (nSPS) is 30.3. The van der Waals surface area contributed by atoms with Gasteiger partial charge in [-0.05, 0) is 49.3 Å². The van der Waals surface area contributed by atoms with E-state index in [0.717, 1.165) is 17.5 Å². The smallest absolute Gasteiger partial charge is 0.0408 e. The molecule has 0 aromatic heterocycles. The number of rotatable bonds is 2. The summed E-state index contributed by atoms with van der Waals surface area (Å²) in [6.45, 7) is 3.07. The third kappa shape index (κ3) is 2.26. The summed E-state index contributed by atoms with van der Waals surface area (Å²) in [5.74, 6) is 0.846. The predicted octanol–water partition coefficient (Wildman–Crippen LogP) is 3.75. The van der Waals surface area contributed by atoms with Crippen LogP contribution in [0.5, 0.6) is 0 Å². The van der Waals surface area contributed by atoms with E-state index < -0.39 is 0 Å². The molecule has 0 bridgehead atoms. The Kier molecular flexibility index (Phi) is 3.56. The van der Waals surface area contributed by atoms with Crippen molar-refractivity contribution < 1.29 is 0 Å². The van der Waals surface area contributed by atoms with Crippen molar-refractivity contribution in [3.63, 3.8) is 0 Å². The number of halogens is 1. The van der Waals surface area contributed by atoms with Gasteiger partial charge in [-0.1, -0.05) is 30.7 Å². The zero-order chi connectivity index (χ0) is 11.6. The Balaban J connectivity index is 2.28. The van der Waals surface area contributed by atoms with Gasteiger partial charge in [0, 0.05) is 17.0 Å². The minimum atomic E-state index is 0.178. The Morgan fingerprint density at radius 2 is 2.06 bits per heavy atom. The Hall–Kier alpha value is -0.530. The van der Waals surface area contributed by atoms with Crippen LogP contribution in [0.3, 0.4) is 0 Å². The molecule has 2 heteroatoms. The molecule has 0 unspecified atom stereocenters. The zero-order valence-electron chi connectivity index (χ0n) is 9.88. The summed E-state index contributed by atoms with van der Waals surface area (Å²) in [5, 5.41) is 0.823. The topological polar surface area (TPSA) is 26.0 Å². The van der Waals surface area contributed by atoms with E-state index in [9.17, 15) is 0 Å². The number of hydrogen-bond acceptors (Lipinski definition) is 1. The maximum absolute atomic E-state index is 6.07. The lowest BCUT2D eigenvalue weighted by molar-refractivity contribution is 0.247. The molecule has 2 N–H and O–H groups in total. The van der Waals surface area contributed by atoms with Crippen LogP contribution in [0, 0.1) is 5.92 Å². The van der Waals surface area contributed by atoms with Crippen molar-refractivity contribution >= 4 is 11.6 Å². The van der Waals surface area contributed by atoms with Gasteiger partial charge in [0.05, 0.1) is 0 Å². The fourth-order valence-electron chi connectivity index (χ4n) is 2.74. The maximum atomic E-state index is 6.07. The summed E-state index contributed by atoms with van der Waals surface area (Å²) in [7, 11) is 0. The van der Waals surface area contributed by atoms with Gasteiger partial charge in [-0.25, -0.2) is 0 Å². The van der Waals surface area contributed by atoms with Crippen LogP contribution in [0.1, 0.15) is 38.2 Å². The second-order valence-electron chi connectivity index (χ2n) is 5.18. The van der Waals surface area contributed by atoms with Crippen molar-refractivity contribution in [3.8, 4) is 0 Å². The molecule has 0 amide bonds. The van der Waals surface area contributed by atoms with Gasteiger partial charge >= 0.3 is 0 Å². The first-order valence-electron chi connectivity index (χ1n) is 6.12. The molecule has 1 aliphatic rings. The molecule has 0 aliphatic heterocycles. The molecule has 16 heavy (non-hydrogen) atoms. The molecule has 0 heterocycles. The fraction of sp³-hybridized carbons (Fsp3) is 0.571. The average Bonchev–Trinajstić information content (AvgIpc) is 2.31. The maximum Gasteiger partial charge on any atom is 0.0408 e. The average molecular weight is 238 g/mol. The van der Waals surface area contributed by atoms with Crippen LogP contribution < -0.4 is 5.73 Å². The third-order valence-electron chi connectivity index (χ3n) is 4.06. The molecule has 1 nitrogen and oxygen atoms in total. The second kappa shape index (κ2) is 4.77. The van der Waals surface area contributed by atoms with Gasteiger partial charge in [0.1, 0.15) is 0 Å². The molecule has 0 spiro atoms. The van der Waals surface area contributed by atoms with Crippen molar-refractivity contribution in [2.75, 3.05) is 6.54 Å². The number of hydrogen-bond donors (Lipinski definition) is 1. The molecule has 1 aromatic rings. The summed E-state index contributed by atoms with van der Waals surface area (Å²) < 4.78 is 0. The minimum absolute atomic E-state index is 0.178. The van der Waals surface area contributed by atoms with E-state index in [1.54, 1.807) is 0 Å². The van der Waals surface area contributed by atoms with Crippen molar-refractivity contribution in [1.82, 2.24) is 0 Å². The van der Waals surface area contributed by atoms with Gasteiger partial charge in [0.2, 0.25) is 0 Å². The number of benzene rings is 1. The van der Waals surface area contributed by atoms with Gasteiger partial charge in [-0.15, -0.1) is 0 Å². The standard InChI is InChI=1S/C14H20ClN/c1-11-5-7-14(10-16,8-6-11)12-3-2-4-13(15)9-12/h2-4,9,11H,5-8,10,16H2,1H3. The van der Waals surface area contributed by atoms with E-state index in [4.69, 9.17) is 17.3 Å². The van der Waals surface area contributed by atoms with Crippen LogP contribution in [0.25, 0.3) is 0 Å². The summed E-state index contributed by atoms with van der Waals surface area (Å²) in [6.07, 6.45) is 4.96. The van der Waals surface area contributed by atoms with Crippen molar-refractivity contribution in [2.45, 2.75) is 38.0 Å². The van der Waals surface area contributed by atoms with E-state index in [2.05, 4.69) is 19.1 Å². The van der Waals surface area contributed by atoms with Crippen LogP contribution in [0.4, 0.5) is 0 Å². The molecule has 0 saturated heterocycles. The first-order chi connectivity index (χ1) is 7.66. The molecule has 1 saturated carbocycles. The van der Waals surface area contributed by atoms with Crippen molar-refractivity contribution in [1.29, 1.82) is 0 Å². The first-order valence-corrected chi connectivity index (χ1v) is 6.50. The molecule has 1 fully saturated rings. The number of nitrogens with two attached hydrogens (primary N) is 1. The highest BCUT2D eigenvalue weighted by atomic mass is 35.5. The molecule has 0 radical (unpaired) electrons. The first kappa shape index (κ1) is 11.9. The van der Waals surface area contributed by atoms with E-state index >= 15 is 0 Å². The predicted molar refractivity (Wildman–Crippen MR) is 69.8 cm³/mol. The van der Waals surface area contributed by atoms with Crippen LogP contribution in [0.15, 0.2) is 24.3 Å². The van der Waals surface area contributed by atoms with E-state index in [0.29, 0.717) is 0 Å². The molecule has 1 aromatic carbocycles. The highest BCUT2D eigenvalue weighted by Gasteiger charge is 2.34. The van der Waals surface area contributed by atoms with E-state index in [1.165, 1.54) is 31.2 Å². The van der Waals surface area contributed by atoms with Gasteiger partial charge in [0.15, 0.2) is 0 Å². The lowest BCUT2D eigenvalue weighted by atomic mass is 9.67. The van der Waals surface area contributed by atoms with Gasteiger partial charge < -0.3 is 5.73 Å². The SMILES string of the molecule is CC1CCC(CN)(c2cccc(Cl)c2)CC1. The zero-order valence-corrected chi connectivity index (χ0v) is 10.6. The van der Waals surface area contributed by atoms with Crippen LogP contribution in [-0.2, 0) is 5.41 Å². The Morgan fingerprint density at radius 3 is 2.62 bits per heavy atom. The lowest BCUT2D eigenvalue weighted by Crippen LogP contribution is -2.38. The van der Waals surface area contributed by atoms with Crippen LogP contribution in [-0.4, -0.2) is 6.54 Å². The van der Waals surface area contributed by atoms with E-state index in [-0.39, 0.29) is 5.41 Å². The second-order valence-corrected chi connectivity index (χ2v) is 5.61. The molecule has 88 valence electrons. The summed E-state index contributed by atoms with van der Waals surface area (Å²) in [4.78, 5) is 0. The van der Waals surface area contributed by atoms with Gasteiger partial charge in [-0.3, -0.25) is 0 Å². The van der Waals surface area contributed by atoms with E-state index in [1.807, 2.05) is 12.1 Å². The largest absolute Gasteiger partial charge is 0.330 e. The third-order valence-corrected chi connectivity index (χ3v) is 4.29. The Labute approximate surface area is 103 Å². The molecule has 0 atom stereocenters. The summed E-state index contributed by atoms with van der Waals surface area (Å²) in [6, 6.07) is 8.23. The van der Waals surface area contributed by atoms with Crippen molar-refractivity contribution in [2.24, 2.45) is 11.7 Å². The summed E-state index contributed by atoms with van der Waals surface area (Å²) in [5.41, 5.74) is 7.53. The highest BCUT2D eigenvalue weighted by molar-refractivity contribution is 6.30. The molecular formula is C14H20ClN. The molecular weight excluding hydrogens is 218 g/mol. The monoisotopic (exact) mass is 237 g/mol. The molecule has 2 rings (SSSR count). The lowest BCUT2D eigenvalue weighted by Gasteiger charge is -2.39. The Bertz CT molecular complexity index is 354. The van der Waals surface area contributed by atoms with Gasteiger partial charge in [-0.2, -0.15) is 0 Å². The van der Waals surface area contributed by atoms with Crippen LogP contribution >= 0.6 is 11.6 Å². The van der Waals surface area contributed by atoms with Crippen molar-refractivity contribution in [3.05, 3.63) is 34.9 Å². The minimum Gasteiger partial charge on any atom is -0.330 e. The fourth-order valence-corrected chi connectivity index (χ4v) is 2.93. The Morgan fingerprint density at radius 1 is 1.38 bits per heavy atom. The quantitative estimate of drug-likeness (QED) is 0.833.